The van der Waals surface area contributed by atoms with Gasteiger partial charge in [0, 0.05) is 0 Å². The normalized spacial score (nSPS) is 30.0. The zero-order valence-electron chi connectivity index (χ0n) is 12.6. The van der Waals surface area contributed by atoms with Gasteiger partial charge in [0.15, 0.2) is 4.67 Å². The zero-order chi connectivity index (χ0) is 13.7. The number of rotatable bonds is 5. The van der Waals surface area contributed by atoms with Crippen LogP contribution in [-0.2, 0) is 4.74 Å². The molecule has 0 spiro atoms. The first-order valence-corrected chi connectivity index (χ1v) is 8.21. The van der Waals surface area contributed by atoms with Gasteiger partial charge >= 0.3 is 0 Å². The van der Waals surface area contributed by atoms with Crippen molar-refractivity contribution in [1.29, 1.82) is 0 Å². The monoisotopic (exact) mass is 316 g/mol. The molecule has 0 aromatic heterocycles. The Labute approximate surface area is 121 Å². The maximum Gasteiger partial charge on any atom is 0.158 e. The van der Waals surface area contributed by atoms with E-state index in [9.17, 15) is 0 Å². The molecular weight excluding hydrogens is 288 g/mol. The molecule has 0 aromatic rings. The summed E-state index contributed by atoms with van der Waals surface area (Å²) in [6, 6.07) is 0. The van der Waals surface area contributed by atoms with Crippen molar-refractivity contribution in [2.24, 2.45) is 23.7 Å². The third-order valence-electron chi connectivity index (χ3n) is 3.98. The Morgan fingerprint density at radius 3 is 2.50 bits per heavy atom. The largest absolute Gasteiger partial charge is 0.484 e. The molecule has 0 saturated heterocycles. The van der Waals surface area contributed by atoms with Crippen LogP contribution in [0.2, 0.25) is 0 Å². The summed E-state index contributed by atoms with van der Waals surface area (Å²) in [5.41, 5.74) is 0. The van der Waals surface area contributed by atoms with Gasteiger partial charge in [-0.3, -0.25) is 0 Å². The SMILES string of the molecule is CC(C)C/C=C(/Br)O[C@@H]1C[C@H](C)CC[C@H]1C(C)C. The van der Waals surface area contributed by atoms with E-state index in [0.717, 1.165) is 17.0 Å². The quantitative estimate of drug-likeness (QED) is 0.587. The molecule has 0 aliphatic heterocycles. The molecular formula is C16H29BrO. The summed E-state index contributed by atoms with van der Waals surface area (Å²) >= 11 is 3.58. The van der Waals surface area contributed by atoms with Gasteiger partial charge < -0.3 is 4.74 Å². The molecule has 1 nitrogen and oxygen atoms in total. The van der Waals surface area contributed by atoms with E-state index < -0.39 is 0 Å². The maximum absolute atomic E-state index is 6.16. The zero-order valence-corrected chi connectivity index (χ0v) is 14.2. The van der Waals surface area contributed by atoms with Gasteiger partial charge in [-0.1, -0.05) is 41.0 Å². The topological polar surface area (TPSA) is 9.23 Å². The van der Waals surface area contributed by atoms with Gasteiger partial charge in [0.25, 0.3) is 0 Å². The van der Waals surface area contributed by atoms with Crippen LogP contribution in [0, 0.1) is 23.7 Å². The maximum atomic E-state index is 6.16. The third-order valence-corrected chi connectivity index (χ3v) is 4.49. The second kappa shape index (κ2) is 7.57. The fraction of sp³-hybridized carbons (Fsp3) is 0.875. The number of hydrogen-bond donors (Lipinski definition) is 0. The van der Waals surface area contributed by atoms with Crippen LogP contribution in [0.15, 0.2) is 10.7 Å². The second-order valence-corrected chi connectivity index (χ2v) is 7.40. The summed E-state index contributed by atoms with van der Waals surface area (Å²) in [5.74, 6) is 2.91. The highest BCUT2D eigenvalue weighted by Crippen LogP contribution is 2.37. The van der Waals surface area contributed by atoms with E-state index >= 15 is 0 Å². The molecule has 0 unspecified atom stereocenters. The molecule has 3 atom stereocenters. The average molecular weight is 317 g/mol. The Kier molecular flexibility index (Phi) is 6.76. The Balaban J connectivity index is 2.57. The molecule has 106 valence electrons. The van der Waals surface area contributed by atoms with Crippen LogP contribution in [-0.4, -0.2) is 6.10 Å². The Morgan fingerprint density at radius 1 is 1.28 bits per heavy atom. The highest BCUT2D eigenvalue weighted by Gasteiger charge is 2.32. The van der Waals surface area contributed by atoms with Crippen molar-refractivity contribution in [2.75, 3.05) is 0 Å². The molecule has 18 heavy (non-hydrogen) atoms. The van der Waals surface area contributed by atoms with Crippen molar-refractivity contribution in [3.8, 4) is 0 Å². The van der Waals surface area contributed by atoms with E-state index in [1.807, 2.05) is 0 Å². The lowest BCUT2D eigenvalue weighted by molar-refractivity contribution is 0.00967. The molecule has 0 N–H and O–H groups in total. The first kappa shape index (κ1) is 16.1. The van der Waals surface area contributed by atoms with E-state index in [4.69, 9.17) is 4.74 Å². The minimum absolute atomic E-state index is 0.395. The summed E-state index contributed by atoms with van der Waals surface area (Å²) in [7, 11) is 0. The molecule has 2 heteroatoms. The number of allylic oxidation sites excluding steroid dienone is 1. The average Bonchev–Trinajstić information content (AvgIpc) is 2.26. The molecule has 1 aliphatic carbocycles. The van der Waals surface area contributed by atoms with E-state index in [1.165, 1.54) is 19.3 Å². The van der Waals surface area contributed by atoms with Crippen molar-refractivity contribution in [2.45, 2.75) is 66.4 Å². The van der Waals surface area contributed by atoms with Gasteiger partial charge in [-0.25, -0.2) is 0 Å². The number of ether oxygens (including phenoxy) is 1. The van der Waals surface area contributed by atoms with Crippen LogP contribution >= 0.6 is 15.9 Å². The van der Waals surface area contributed by atoms with E-state index in [-0.39, 0.29) is 0 Å². The highest BCUT2D eigenvalue weighted by atomic mass is 79.9. The molecule has 1 rings (SSSR count). The van der Waals surface area contributed by atoms with Crippen LogP contribution in [0.1, 0.15) is 60.3 Å². The minimum atomic E-state index is 0.395. The third kappa shape index (κ3) is 5.34. The Hall–Kier alpha value is 0.0200. The molecule has 0 amide bonds. The first-order chi connectivity index (χ1) is 8.40. The highest BCUT2D eigenvalue weighted by molar-refractivity contribution is 9.11. The summed E-state index contributed by atoms with van der Waals surface area (Å²) in [5, 5.41) is 0. The molecule has 1 fully saturated rings. The summed E-state index contributed by atoms with van der Waals surface area (Å²) in [6.45, 7) is 11.5. The van der Waals surface area contributed by atoms with Gasteiger partial charge in [0.2, 0.25) is 0 Å². The van der Waals surface area contributed by atoms with E-state index in [2.05, 4.69) is 56.6 Å². The van der Waals surface area contributed by atoms with Crippen molar-refractivity contribution in [3.05, 3.63) is 10.7 Å². The molecule has 1 saturated carbocycles. The van der Waals surface area contributed by atoms with Gasteiger partial charge in [0.05, 0.1) is 0 Å². The fourth-order valence-corrected chi connectivity index (χ4v) is 3.20. The predicted octanol–water partition coefficient (Wildman–Crippen LogP) is 5.75. The van der Waals surface area contributed by atoms with Gasteiger partial charge in [-0.05, 0) is 64.9 Å². The van der Waals surface area contributed by atoms with Crippen LogP contribution in [0.5, 0.6) is 0 Å². The first-order valence-electron chi connectivity index (χ1n) is 7.42. The lowest BCUT2D eigenvalue weighted by Crippen LogP contribution is -2.33. The Morgan fingerprint density at radius 2 is 1.94 bits per heavy atom. The van der Waals surface area contributed by atoms with Gasteiger partial charge in [-0.15, -0.1) is 0 Å². The lowest BCUT2D eigenvalue weighted by Gasteiger charge is -2.37. The second-order valence-electron chi connectivity index (χ2n) is 6.62. The van der Waals surface area contributed by atoms with Crippen LogP contribution < -0.4 is 0 Å². The number of hydrogen-bond acceptors (Lipinski definition) is 1. The molecule has 0 bridgehead atoms. The molecule has 0 radical (unpaired) electrons. The fourth-order valence-electron chi connectivity index (χ4n) is 2.77. The Bertz CT molecular complexity index is 270. The van der Waals surface area contributed by atoms with Crippen LogP contribution in [0.4, 0.5) is 0 Å². The standard InChI is InChI=1S/C16H29BrO/c1-11(2)6-9-16(17)18-15-10-13(5)7-8-14(15)12(3)4/h9,11-15H,6-8,10H2,1-5H3/b16-9-/t13-,14+,15-/m1/s1. The van der Waals surface area contributed by atoms with Crippen molar-refractivity contribution in [3.63, 3.8) is 0 Å². The summed E-state index contributed by atoms with van der Waals surface area (Å²) in [4.78, 5) is 0. The molecule has 0 aromatic carbocycles. The number of halogens is 1. The molecule has 0 heterocycles. The van der Waals surface area contributed by atoms with Gasteiger partial charge in [-0.2, -0.15) is 0 Å². The smallest absolute Gasteiger partial charge is 0.158 e. The van der Waals surface area contributed by atoms with Crippen LogP contribution in [0.25, 0.3) is 0 Å². The predicted molar refractivity (Wildman–Crippen MR) is 82.7 cm³/mol. The van der Waals surface area contributed by atoms with E-state index in [0.29, 0.717) is 23.9 Å². The molecule has 1 aliphatic rings. The van der Waals surface area contributed by atoms with E-state index in [1.54, 1.807) is 0 Å². The lowest BCUT2D eigenvalue weighted by atomic mass is 9.75. The minimum Gasteiger partial charge on any atom is -0.484 e. The van der Waals surface area contributed by atoms with Crippen molar-refractivity contribution < 1.29 is 4.74 Å². The van der Waals surface area contributed by atoms with Crippen molar-refractivity contribution >= 4 is 15.9 Å². The van der Waals surface area contributed by atoms with Gasteiger partial charge in [0.1, 0.15) is 6.10 Å². The van der Waals surface area contributed by atoms with Crippen LogP contribution in [0.3, 0.4) is 0 Å². The van der Waals surface area contributed by atoms with Crippen molar-refractivity contribution in [1.82, 2.24) is 0 Å². The summed E-state index contributed by atoms with van der Waals surface area (Å²) < 4.78 is 7.11. The summed E-state index contributed by atoms with van der Waals surface area (Å²) in [6.07, 6.45) is 7.53.